The first-order valence-electron chi connectivity index (χ1n) is 25.0. The number of para-hydroxylation sites is 1. The Morgan fingerprint density at radius 3 is 1.63 bits per heavy atom. The number of rotatable bonds is 33. The number of fused-ring (bicyclic) bond motifs is 1. The number of aromatic amines is 1. The van der Waals surface area contributed by atoms with Crippen LogP contribution in [0.4, 0.5) is 0 Å². The molecule has 2 aromatic carbocycles. The number of nitrogens with one attached hydrogen (secondary N) is 9. The largest absolute Gasteiger partial charge is 0.508 e. The quantitative estimate of drug-likeness (QED) is 0.0266. The zero-order valence-corrected chi connectivity index (χ0v) is 43.0. The van der Waals surface area contributed by atoms with Crippen molar-refractivity contribution in [3.05, 3.63) is 65.9 Å². The summed E-state index contributed by atoms with van der Waals surface area (Å²) in [6, 6.07) is 1.96. The number of phenols is 1. The van der Waals surface area contributed by atoms with Crippen LogP contribution in [0.25, 0.3) is 10.9 Å². The Morgan fingerprint density at radius 2 is 1.08 bits per heavy atom. The SMILES string of the molecule is CC(C)C[C@H](NC(=O)[C@H](C)NC(=O)[C@H](CCCCN)NC(=O)[C@H](Cc1c[nH]c2ccccc12)NC(=O)[C@H](Cc1ccc(O)cc1)NC(=O)[C@H](CO)NC(=O)[C@H](CCCCN)NC(=O)[C@@H](N)[C@@H](C)O)C(=O)NCC(N)=O. The van der Waals surface area contributed by atoms with E-state index in [9.17, 15) is 58.5 Å². The van der Waals surface area contributed by atoms with E-state index in [1.807, 2.05) is 13.8 Å². The number of hydrogen-bond donors (Lipinski definition) is 16. The predicted octanol–water partition coefficient (Wildman–Crippen LogP) is -3.32. The highest BCUT2D eigenvalue weighted by molar-refractivity contribution is 5.98. The Morgan fingerprint density at radius 1 is 0.587 bits per heavy atom. The molecule has 414 valence electrons. The average Bonchev–Trinajstić information content (AvgIpc) is 3.78. The average molecular weight is 1050 g/mol. The standard InChI is InChI=1S/C50H77N13O12/c1-27(2)21-37(44(69)56-25-41(53)67)60-43(68)28(3)57-45(70)35(13-7-9-19-51)58-48(73)39(23-31-24-55-34-12-6-5-11-33(31)34)62-47(72)38(22-30-15-17-32(66)18-16-30)61-49(74)40(26-64)63-46(71)36(14-8-10-20-52)59-50(75)42(54)29(4)65/h5-6,11-12,15-18,24,27-29,35-40,42,55,64-66H,7-10,13-14,19-23,25-26,51-52,54H2,1-4H3,(H2,53,67)(H,56,69)(H,57,70)(H,58,73)(H,59,75)(H,60,68)(H,61,74)(H,62,72)(H,63,71)/t28-,29+,35-,36-,37-,38-,39-,40-,42-/m0/s1. The summed E-state index contributed by atoms with van der Waals surface area (Å²) in [6.07, 6.45) is 1.93. The molecule has 0 radical (unpaired) electrons. The molecule has 9 atom stereocenters. The van der Waals surface area contributed by atoms with Crippen LogP contribution in [0.1, 0.15) is 83.8 Å². The second-order valence-electron chi connectivity index (χ2n) is 18.9. The van der Waals surface area contributed by atoms with Crippen molar-refractivity contribution in [3.63, 3.8) is 0 Å². The van der Waals surface area contributed by atoms with Crippen LogP contribution in [0.15, 0.2) is 54.7 Å². The number of amides is 9. The number of phenolic OH excluding ortho intramolecular Hbond substituents is 1. The van der Waals surface area contributed by atoms with Crippen LogP contribution >= 0.6 is 0 Å². The predicted molar refractivity (Wildman–Crippen MR) is 277 cm³/mol. The topological polar surface area (TPSA) is 430 Å². The Bertz CT molecular complexity index is 2380. The van der Waals surface area contributed by atoms with E-state index in [1.54, 1.807) is 30.5 Å². The van der Waals surface area contributed by atoms with Crippen LogP contribution in [-0.4, -0.2) is 154 Å². The van der Waals surface area contributed by atoms with E-state index in [1.165, 1.54) is 38.1 Å². The molecule has 20 N–H and O–H groups in total. The van der Waals surface area contributed by atoms with Gasteiger partial charge in [-0.05, 0) is 107 Å². The minimum Gasteiger partial charge on any atom is -0.508 e. The van der Waals surface area contributed by atoms with Gasteiger partial charge in [0.25, 0.3) is 0 Å². The van der Waals surface area contributed by atoms with Crippen LogP contribution in [0.5, 0.6) is 5.75 Å². The molecule has 0 aliphatic carbocycles. The van der Waals surface area contributed by atoms with Gasteiger partial charge >= 0.3 is 0 Å². The van der Waals surface area contributed by atoms with Crippen molar-refractivity contribution in [2.24, 2.45) is 28.9 Å². The van der Waals surface area contributed by atoms with Gasteiger partial charge in [0.05, 0.1) is 19.3 Å². The third kappa shape index (κ3) is 20.9. The summed E-state index contributed by atoms with van der Waals surface area (Å²) < 4.78 is 0. The van der Waals surface area contributed by atoms with Crippen LogP contribution in [0.3, 0.4) is 0 Å². The molecule has 0 bridgehead atoms. The number of carbonyl (C=O) groups excluding carboxylic acids is 9. The van der Waals surface area contributed by atoms with Gasteiger partial charge in [-0.15, -0.1) is 0 Å². The first-order chi connectivity index (χ1) is 35.6. The number of hydrogen-bond acceptors (Lipinski definition) is 15. The van der Waals surface area contributed by atoms with Crippen LogP contribution < -0.4 is 65.5 Å². The lowest BCUT2D eigenvalue weighted by Gasteiger charge is -2.28. The molecule has 75 heavy (non-hydrogen) atoms. The lowest BCUT2D eigenvalue weighted by molar-refractivity contribution is -0.136. The maximum Gasteiger partial charge on any atom is 0.245 e. The number of aromatic nitrogens is 1. The van der Waals surface area contributed by atoms with Crippen LogP contribution in [-0.2, 0) is 56.0 Å². The fourth-order valence-corrected chi connectivity index (χ4v) is 7.78. The molecule has 1 aromatic heterocycles. The fraction of sp³-hybridized carbons (Fsp3) is 0.540. The van der Waals surface area contributed by atoms with Gasteiger partial charge in [-0.25, -0.2) is 0 Å². The monoisotopic (exact) mass is 1050 g/mol. The third-order valence-electron chi connectivity index (χ3n) is 12.1. The second kappa shape index (κ2) is 31.5. The van der Waals surface area contributed by atoms with Gasteiger partial charge in [0.1, 0.15) is 54.1 Å². The van der Waals surface area contributed by atoms with Crippen molar-refractivity contribution in [1.29, 1.82) is 0 Å². The van der Waals surface area contributed by atoms with Gasteiger partial charge in [-0.1, -0.05) is 44.2 Å². The van der Waals surface area contributed by atoms with E-state index in [4.69, 9.17) is 22.9 Å². The summed E-state index contributed by atoms with van der Waals surface area (Å²) >= 11 is 0. The lowest BCUT2D eigenvalue weighted by atomic mass is 10.0. The number of benzene rings is 2. The summed E-state index contributed by atoms with van der Waals surface area (Å²) in [4.78, 5) is 124. The zero-order valence-electron chi connectivity index (χ0n) is 43.0. The van der Waals surface area contributed by atoms with Crippen molar-refractivity contribution < 1.29 is 58.5 Å². The fourth-order valence-electron chi connectivity index (χ4n) is 7.78. The number of aliphatic hydroxyl groups excluding tert-OH is 2. The molecule has 0 spiro atoms. The lowest BCUT2D eigenvalue weighted by Crippen LogP contribution is -2.61. The van der Waals surface area contributed by atoms with Crippen molar-refractivity contribution >= 4 is 64.1 Å². The smallest absolute Gasteiger partial charge is 0.245 e. The van der Waals surface area contributed by atoms with Crippen molar-refractivity contribution in [2.45, 2.75) is 140 Å². The van der Waals surface area contributed by atoms with Crippen LogP contribution in [0.2, 0.25) is 0 Å². The van der Waals surface area contributed by atoms with E-state index < -0.39 is 121 Å². The highest BCUT2D eigenvalue weighted by Gasteiger charge is 2.35. The molecule has 0 unspecified atom stereocenters. The van der Waals surface area contributed by atoms with Crippen molar-refractivity contribution in [3.8, 4) is 5.75 Å². The number of carbonyl (C=O) groups is 9. The maximum atomic E-state index is 14.6. The molecular weight excluding hydrogens is 975 g/mol. The van der Waals surface area contributed by atoms with Crippen molar-refractivity contribution in [1.82, 2.24) is 47.5 Å². The number of unbranched alkanes of at least 4 members (excludes halogenated alkanes) is 2. The normalized spacial score (nSPS) is 14.9. The molecule has 0 saturated carbocycles. The number of aliphatic hydroxyl groups is 2. The minimum absolute atomic E-state index is 0.0427. The molecule has 0 saturated heterocycles. The van der Waals surface area contributed by atoms with Crippen LogP contribution in [0, 0.1) is 5.92 Å². The summed E-state index contributed by atoms with van der Waals surface area (Å²) in [6.45, 7) is 5.43. The van der Waals surface area contributed by atoms with E-state index in [2.05, 4.69) is 47.5 Å². The Kier molecular flexibility index (Phi) is 26.1. The second-order valence-corrected chi connectivity index (χ2v) is 18.9. The molecule has 25 heteroatoms. The molecule has 0 aliphatic rings. The van der Waals surface area contributed by atoms with E-state index in [-0.39, 0.29) is 56.9 Å². The number of primary amides is 1. The minimum atomic E-state index is -1.69. The first kappa shape index (κ1) is 62.1. The van der Waals surface area contributed by atoms with Gasteiger partial charge < -0.3 is 85.8 Å². The first-order valence-corrected chi connectivity index (χ1v) is 25.0. The molecule has 0 aliphatic heterocycles. The Balaban J connectivity index is 1.97. The molecule has 9 amide bonds. The van der Waals surface area contributed by atoms with E-state index in [0.717, 1.165) is 0 Å². The number of H-pyrrole nitrogens is 1. The van der Waals surface area contributed by atoms with Crippen molar-refractivity contribution in [2.75, 3.05) is 26.2 Å². The van der Waals surface area contributed by atoms with Gasteiger partial charge in [0.2, 0.25) is 53.2 Å². The highest BCUT2D eigenvalue weighted by atomic mass is 16.3. The molecule has 0 fully saturated rings. The number of nitrogens with two attached hydrogens (primary N) is 4. The third-order valence-corrected chi connectivity index (χ3v) is 12.1. The molecule has 25 nitrogen and oxygen atoms in total. The summed E-state index contributed by atoms with van der Waals surface area (Å²) in [5, 5.41) is 51.5. The van der Waals surface area contributed by atoms with Gasteiger partial charge in [-0.2, -0.15) is 0 Å². The Labute approximate surface area is 435 Å². The van der Waals surface area contributed by atoms with E-state index >= 15 is 0 Å². The van der Waals surface area contributed by atoms with Gasteiger partial charge in [0.15, 0.2) is 0 Å². The molecule has 3 aromatic rings. The molecular formula is C50H77N13O12. The molecule has 3 rings (SSSR count). The zero-order chi connectivity index (χ0) is 55.8. The summed E-state index contributed by atoms with van der Waals surface area (Å²) in [5.74, 6) is -7.64. The number of aromatic hydroxyl groups is 1. The summed E-state index contributed by atoms with van der Waals surface area (Å²) in [5.41, 5.74) is 24.1. The Hall–Kier alpha value is -7.19. The summed E-state index contributed by atoms with van der Waals surface area (Å²) in [7, 11) is 0. The van der Waals surface area contributed by atoms with Gasteiger partial charge in [-0.3, -0.25) is 43.2 Å². The van der Waals surface area contributed by atoms with E-state index in [0.29, 0.717) is 47.7 Å². The highest BCUT2D eigenvalue weighted by Crippen LogP contribution is 2.20. The van der Waals surface area contributed by atoms with Gasteiger partial charge in [0, 0.05) is 29.9 Å². The maximum absolute atomic E-state index is 14.6. The molecule has 1 heterocycles.